The van der Waals surface area contributed by atoms with Crippen molar-refractivity contribution in [2.45, 2.75) is 0 Å². The number of hydrogen-bond acceptors (Lipinski definition) is 9. The Morgan fingerprint density at radius 3 is 2.31 bits per heavy atom. The van der Waals surface area contributed by atoms with Crippen LogP contribution in [0, 0.1) is 0 Å². The van der Waals surface area contributed by atoms with Crippen molar-refractivity contribution in [2.24, 2.45) is 4.99 Å². The van der Waals surface area contributed by atoms with Gasteiger partial charge in [-0.25, -0.2) is 0 Å². The Hall–Kier alpha value is -3.85. The first kappa shape index (κ1) is 20.1. The number of aromatic nitrogens is 4. The average Bonchev–Trinajstić information content (AvgIpc) is 3.29. The predicted molar refractivity (Wildman–Crippen MR) is 127 cm³/mol. The van der Waals surface area contributed by atoms with Crippen molar-refractivity contribution in [1.82, 2.24) is 24.8 Å². The van der Waals surface area contributed by atoms with Gasteiger partial charge in [-0.3, -0.25) is 9.98 Å². The van der Waals surface area contributed by atoms with Crippen LogP contribution in [0.15, 0.2) is 65.8 Å². The monoisotopic (exact) mass is 427 g/mol. The molecule has 162 valence electrons. The molecule has 2 aliphatic heterocycles. The first-order valence-corrected chi connectivity index (χ1v) is 10.7. The van der Waals surface area contributed by atoms with Crippen molar-refractivity contribution >= 4 is 34.9 Å². The van der Waals surface area contributed by atoms with Gasteiger partial charge in [0.25, 0.3) is 0 Å². The number of amidine groups is 1. The van der Waals surface area contributed by atoms with Crippen LogP contribution in [0.4, 0.5) is 23.5 Å². The SMILES string of the molecule is CN1CCN(c2nc(NC3=NCC(c4ccccn4)=C3)nc(Nc3ccccc3)n2)CC1. The van der Waals surface area contributed by atoms with Crippen molar-refractivity contribution < 1.29 is 0 Å². The second kappa shape index (κ2) is 9.11. The standard InChI is InChI=1S/C23H25N9/c1-31-11-13-32(14-12-31)23-29-21(26-18-7-3-2-4-8-18)28-22(30-23)27-20-15-17(16-25-20)19-9-5-6-10-24-19/h2-10,15H,11-14,16H2,1H3,(H2,25,26,27,28,29,30). The molecule has 1 saturated heterocycles. The van der Waals surface area contributed by atoms with Crippen LogP contribution in [0.2, 0.25) is 0 Å². The molecule has 2 aromatic heterocycles. The highest BCUT2D eigenvalue weighted by molar-refractivity contribution is 6.10. The Kier molecular flexibility index (Phi) is 5.71. The van der Waals surface area contributed by atoms with Gasteiger partial charge in [0.1, 0.15) is 5.84 Å². The van der Waals surface area contributed by atoms with E-state index < -0.39 is 0 Å². The van der Waals surface area contributed by atoms with E-state index in [9.17, 15) is 0 Å². The summed E-state index contributed by atoms with van der Waals surface area (Å²) in [6, 6.07) is 15.8. The van der Waals surface area contributed by atoms with Crippen LogP contribution in [0.25, 0.3) is 5.57 Å². The number of benzene rings is 1. The third-order valence-corrected chi connectivity index (χ3v) is 5.40. The van der Waals surface area contributed by atoms with Crippen LogP contribution in [0.1, 0.15) is 5.69 Å². The molecule has 5 rings (SSSR count). The van der Waals surface area contributed by atoms with Gasteiger partial charge < -0.3 is 20.4 Å². The lowest BCUT2D eigenvalue weighted by atomic mass is 10.2. The second-order valence-electron chi connectivity index (χ2n) is 7.77. The summed E-state index contributed by atoms with van der Waals surface area (Å²) in [6.07, 6.45) is 3.78. The summed E-state index contributed by atoms with van der Waals surface area (Å²) in [4.78, 5) is 27.5. The van der Waals surface area contributed by atoms with Gasteiger partial charge in [-0.15, -0.1) is 0 Å². The minimum atomic E-state index is 0.463. The molecule has 0 spiro atoms. The molecule has 0 radical (unpaired) electrons. The molecule has 1 aromatic carbocycles. The van der Waals surface area contributed by atoms with E-state index in [-0.39, 0.29) is 0 Å². The number of nitrogens with zero attached hydrogens (tertiary/aromatic N) is 7. The Bertz CT molecular complexity index is 1120. The molecule has 3 aromatic rings. The van der Waals surface area contributed by atoms with Gasteiger partial charge in [-0.05, 0) is 37.4 Å². The number of aliphatic imine (C=N–C) groups is 1. The number of hydrogen-bond donors (Lipinski definition) is 2. The topological polar surface area (TPSA) is 94.5 Å². The summed E-state index contributed by atoms with van der Waals surface area (Å²) in [6.45, 7) is 4.26. The molecule has 4 heterocycles. The summed E-state index contributed by atoms with van der Waals surface area (Å²) in [7, 11) is 2.13. The number of likely N-dealkylation sites (N-methyl/N-ethyl adjacent to an activating group) is 1. The molecule has 2 aliphatic rings. The van der Waals surface area contributed by atoms with Crippen LogP contribution in [-0.2, 0) is 0 Å². The number of anilines is 4. The molecule has 0 saturated carbocycles. The minimum Gasteiger partial charge on any atom is -0.338 e. The van der Waals surface area contributed by atoms with Gasteiger partial charge in [0.2, 0.25) is 17.8 Å². The van der Waals surface area contributed by atoms with E-state index in [1.807, 2.05) is 54.6 Å². The maximum Gasteiger partial charge on any atom is 0.235 e. The van der Waals surface area contributed by atoms with Gasteiger partial charge >= 0.3 is 0 Å². The van der Waals surface area contributed by atoms with Crippen molar-refractivity contribution in [2.75, 3.05) is 55.3 Å². The third kappa shape index (κ3) is 4.73. The van der Waals surface area contributed by atoms with Crippen LogP contribution < -0.4 is 15.5 Å². The fourth-order valence-electron chi connectivity index (χ4n) is 3.60. The lowest BCUT2D eigenvalue weighted by Gasteiger charge is -2.32. The lowest BCUT2D eigenvalue weighted by molar-refractivity contribution is 0.311. The molecule has 0 amide bonds. The van der Waals surface area contributed by atoms with Gasteiger partial charge in [-0.1, -0.05) is 24.3 Å². The smallest absolute Gasteiger partial charge is 0.235 e. The fourth-order valence-corrected chi connectivity index (χ4v) is 3.60. The zero-order valence-corrected chi connectivity index (χ0v) is 17.9. The highest BCUT2D eigenvalue weighted by Crippen LogP contribution is 2.21. The number of piperazine rings is 1. The lowest BCUT2D eigenvalue weighted by Crippen LogP contribution is -2.45. The number of para-hydroxylation sites is 1. The van der Waals surface area contributed by atoms with Crippen molar-refractivity contribution in [3.63, 3.8) is 0 Å². The van der Waals surface area contributed by atoms with Gasteiger partial charge in [0.05, 0.1) is 12.2 Å². The first-order chi connectivity index (χ1) is 15.7. The van der Waals surface area contributed by atoms with E-state index >= 15 is 0 Å². The molecular formula is C23H25N9. The summed E-state index contributed by atoms with van der Waals surface area (Å²) in [5.41, 5.74) is 2.90. The van der Waals surface area contributed by atoms with Gasteiger partial charge in [0.15, 0.2) is 0 Å². The maximum atomic E-state index is 4.69. The quantitative estimate of drug-likeness (QED) is 0.642. The molecule has 9 heteroatoms. The normalized spacial score (nSPS) is 16.5. The van der Waals surface area contributed by atoms with E-state index in [1.165, 1.54) is 0 Å². The molecule has 9 nitrogen and oxygen atoms in total. The Morgan fingerprint density at radius 2 is 1.56 bits per heavy atom. The number of rotatable bonds is 5. The molecule has 32 heavy (non-hydrogen) atoms. The molecule has 1 fully saturated rings. The Balaban J connectivity index is 1.40. The van der Waals surface area contributed by atoms with E-state index in [1.54, 1.807) is 6.20 Å². The number of pyridine rings is 1. The largest absolute Gasteiger partial charge is 0.338 e. The third-order valence-electron chi connectivity index (χ3n) is 5.40. The van der Waals surface area contributed by atoms with Crippen molar-refractivity contribution in [3.8, 4) is 0 Å². The maximum absolute atomic E-state index is 4.69. The second-order valence-corrected chi connectivity index (χ2v) is 7.77. The Morgan fingerprint density at radius 1 is 0.812 bits per heavy atom. The summed E-state index contributed by atoms with van der Waals surface area (Å²) >= 11 is 0. The molecule has 0 atom stereocenters. The van der Waals surface area contributed by atoms with E-state index in [0.29, 0.717) is 30.2 Å². The minimum absolute atomic E-state index is 0.463. The molecular weight excluding hydrogens is 402 g/mol. The van der Waals surface area contributed by atoms with Gasteiger partial charge in [-0.2, -0.15) is 15.0 Å². The summed E-state index contributed by atoms with van der Waals surface area (Å²) in [5, 5.41) is 6.55. The Labute approximate surface area is 187 Å². The zero-order valence-electron chi connectivity index (χ0n) is 17.9. The average molecular weight is 428 g/mol. The van der Waals surface area contributed by atoms with Crippen LogP contribution >= 0.6 is 0 Å². The highest BCUT2D eigenvalue weighted by Gasteiger charge is 2.20. The van der Waals surface area contributed by atoms with Crippen LogP contribution in [0.5, 0.6) is 0 Å². The zero-order chi connectivity index (χ0) is 21.8. The van der Waals surface area contributed by atoms with E-state index in [2.05, 4.69) is 47.4 Å². The molecule has 2 N–H and O–H groups in total. The van der Waals surface area contributed by atoms with Crippen molar-refractivity contribution in [3.05, 3.63) is 66.5 Å². The fraction of sp³-hybridized carbons (Fsp3) is 0.261. The molecule has 0 bridgehead atoms. The van der Waals surface area contributed by atoms with Crippen molar-refractivity contribution in [1.29, 1.82) is 0 Å². The van der Waals surface area contributed by atoms with Crippen LogP contribution in [0.3, 0.4) is 0 Å². The first-order valence-electron chi connectivity index (χ1n) is 10.7. The van der Waals surface area contributed by atoms with E-state index in [4.69, 9.17) is 4.98 Å². The van der Waals surface area contributed by atoms with E-state index in [0.717, 1.165) is 43.1 Å². The predicted octanol–water partition coefficient (Wildman–Crippen LogP) is 2.67. The van der Waals surface area contributed by atoms with Crippen LogP contribution in [-0.4, -0.2) is 70.4 Å². The molecule has 0 aliphatic carbocycles. The summed E-state index contributed by atoms with van der Waals surface area (Å²) in [5.74, 6) is 2.33. The summed E-state index contributed by atoms with van der Waals surface area (Å²) < 4.78 is 0. The van der Waals surface area contributed by atoms with Gasteiger partial charge in [0, 0.05) is 43.6 Å². The highest BCUT2D eigenvalue weighted by atomic mass is 15.4. The molecule has 0 unspecified atom stereocenters. The number of nitrogens with one attached hydrogen (secondary N) is 2.